The molecule has 1 aromatic rings. The Bertz CT molecular complexity index is 455. The van der Waals surface area contributed by atoms with E-state index in [1.165, 1.54) is 5.56 Å². The monoisotopic (exact) mass is 308 g/mol. The van der Waals surface area contributed by atoms with E-state index in [1.807, 2.05) is 0 Å². The van der Waals surface area contributed by atoms with Crippen molar-refractivity contribution in [2.24, 2.45) is 5.92 Å². The van der Waals surface area contributed by atoms with Crippen LogP contribution in [0.25, 0.3) is 0 Å². The maximum absolute atomic E-state index is 11.4. The van der Waals surface area contributed by atoms with Crippen LogP contribution in [-0.2, 0) is 14.9 Å². The molecule has 1 saturated carbocycles. The zero-order valence-electron chi connectivity index (χ0n) is 10.3. The van der Waals surface area contributed by atoms with E-state index in [9.17, 15) is 4.79 Å². The number of benzene rings is 1. The summed E-state index contributed by atoms with van der Waals surface area (Å²) < 4.78 is 6.64. The van der Waals surface area contributed by atoms with E-state index in [-0.39, 0.29) is 5.41 Å². The maximum atomic E-state index is 11.4. The fraction of sp³-hybridized carbons (Fsp3) is 0.533. The maximum Gasteiger partial charge on any atom is 0.132 e. The van der Waals surface area contributed by atoms with Gasteiger partial charge in [0.2, 0.25) is 0 Å². The molecule has 18 heavy (non-hydrogen) atoms. The van der Waals surface area contributed by atoms with Crippen molar-refractivity contribution in [3.8, 4) is 0 Å². The molecule has 0 amide bonds. The second-order valence-electron chi connectivity index (χ2n) is 5.47. The van der Waals surface area contributed by atoms with Crippen LogP contribution >= 0.6 is 15.9 Å². The van der Waals surface area contributed by atoms with Gasteiger partial charge in [-0.25, -0.2) is 0 Å². The molecule has 0 radical (unpaired) electrons. The van der Waals surface area contributed by atoms with Gasteiger partial charge in [-0.15, -0.1) is 0 Å². The number of Topliss-reactive ketones (excluding diaryl/α,β-unsaturated/α-hetero) is 1. The lowest BCUT2D eigenvalue weighted by Gasteiger charge is -2.49. The van der Waals surface area contributed by atoms with Crippen LogP contribution in [0.5, 0.6) is 0 Å². The van der Waals surface area contributed by atoms with Gasteiger partial charge in [-0.3, -0.25) is 4.79 Å². The van der Waals surface area contributed by atoms with Gasteiger partial charge in [0.1, 0.15) is 5.78 Å². The smallest absolute Gasteiger partial charge is 0.132 e. The zero-order chi connectivity index (χ0) is 12.6. The molecule has 2 nitrogen and oxygen atoms in total. The minimum atomic E-state index is 0.157. The Hall–Kier alpha value is -0.670. The van der Waals surface area contributed by atoms with Gasteiger partial charge in [0, 0.05) is 22.7 Å². The molecule has 2 aliphatic rings. The third-order valence-corrected chi connectivity index (χ3v) is 4.94. The summed E-state index contributed by atoms with van der Waals surface area (Å²) in [6.07, 6.45) is 3.55. The number of hydrogen-bond acceptors (Lipinski definition) is 2. The highest BCUT2D eigenvalue weighted by Crippen LogP contribution is 2.45. The summed E-state index contributed by atoms with van der Waals surface area (Å²) in [7, 11) is 0. The third kappa shape index (κ3) is 2.04. The van der Waals surface area contributed by atoms with Gasteiger partial charge in [0.25, 0.3) is 0 Å². The largest absolute Gasteiger partial charge is 0.379 e. The molecule has 1 aromatic carbocycles. The fourth-order valence-corrected chi connectivity index (χ4v) is 3.65. The van der Waals surface area contributed by atoms with Gasteiger partial charge >= 0.3 is 0 Å². The Morgan fingerprint density at radius 2 is 1.94 bits per heavy atom. The first kappa shape index (κ1) is 12.4. The summed E-state index contributed by atoms with van der Waals surface area (Å²) in [5, 5.41) is 0. The van der Waals surface area contributed by atoms with Crippen molar-refractivity contribution in [2.75, 3.05) is 13.2 Å². The standard InChI is InChI=1S/C15H17BrO2/c16-13-3-1-2-12(8-13)15(9-18-10-15)11-4-6-14(17)7-5-11/h1-3,8,11H,4-7,9-10H2. The average Bonchev–Trinajstić information content (AvgIpc) is 2.30. The Balaban J connectivity index is 1.88. The Morgan fingerprint density at radius 3 is 2.50 bits per heavy atom. The molecule has 0 aromatic heterocycles. The van der Waals surface area contributed by atoms with Crippen molar-refractivity contribution < 1.29 is 9.53 Å². The lowest BCUT2D eigenvalue weighted by atomic mass is 9.63. The second kappa shape index (κ2) is 4.78. The molecule has 0 unspecified atom stereocenters. The molecule has 0 N–H and O–H groups in total. The van der Waals surface area contributed by atoms with Crippen LogP contribution in [0.3, 0.4) is 0 Å². The van der Waals surface area contributed by atoms with E-state index in [0.29, 0.717) is 11.7 Å². The van der Waals surface area contributed by atoms with Crippen LogP contribution in [0.15, 0.2) is 28.7 Å². The Morgan fingerprint density at radius 1 is 1.22 bits per heavy atom. The molecule has 3 heteroatoms. The SMILES string of the molecule is O=C1CCC(C2(c3cccc(Br)c3)COC2)CC1. The summed E-state index contributed by atoms with van der Waals surface area (Å²) >= 11 is 3.55. The minimum absolute atomic E-state index is 0.157. The van der Waals surface area contributed by atoms with E-state index >= 15 is 0 Å². The van der Waals surface area contributed by atoms with Crippen LogP contribution in [0.4, 0.5) is 0 Å². The van der Waals surface area contributed by atoms with E-state index in [2.05, 4.69) is 40.2 Å². The molecule has 1 aliphatic carbocycles. The van der Waals surface area contributed by atoms with Crippen molar-refractivity contribution >= 4 is 21.7 Å². The number of halogens is 1. The molecular weight excluding hydrogens is 292 g/mol. The van der Waals surface area contributed by atoms with Gasteiger partial charge in [-0.1, -0.05) is 28.1 Å². The fourth-order valence-electron chi connectivity index (χ4n) is 3.25. The van der Waals surface area contributed by atoms with Crippen LogP contribution in [0.1, 0.15) is 31.2 Å². The van der Waals surface area contributed by atoms with E-state index in [1.54, 1.807) is 0 Å². The summed E-state index contributed by atoms with van der Waals surface area (Å²) in [6, 6.07) is 8.55. The van der Waals surface area contributed by atoms with Gasteiger partial charge in [-0.05, 0) is 36.5 Å². The molecule has 1 heterocycles. The second-order valence-corrected chi connectivity index (χ2v) is 6.39. The van der Waals surface area contributed by atoms with Crippen LogP contribution in [-0.4, -0.2) is 19.0 Å². The molecule has 0 atom stereocenters. The van der Waals surface area contributed by atoms with Gasteiger partial charge in [0.15, 0.2) is 0 Å². The summed E-state index contributed by atoms with van der Waals surface area (Å²) in [6.45, 7) is 1.62. The van der Waals surface area contributed by atoms with Crippen molar-refractivity contribution in [2.45, 2.75) is 31.1 Å². The number of carbonyl (C=O) groups is 1. The van der Waals surface area contributed by atoms with Gasteiger partial charge in [0.05, 0.1) is 13.2 Å². The van der Waals surface area contributed by atoms with Crippen LogP contribution in [0, 0.1) is 5.92 Å². The molecule has 1 saturated heterocycles. The lowest BCUT2D eigenvalue weighted by molar-refractivity contribution is -0.127. The molecule has 3 rings (SSSR count). The molecule has 96 valence electrons. The van der Waals surface area contributed by atoms with E-state index in [0.717, 1.165) is 43.4 Å². The lowest BCUT2D eigenvalue weighted by Crippen LogP contribution is -2.53. The number of carbonyl (C=O) groups excluding carboxylic acids is 1. The van der Waals surface area contributed by atoms with Crippen LogP contribution < -0.4 is 0 Å². The van der Waals surface area contributed by atoms with Crippen molar-refractivity contribution in [3.05, 3.63) is 34.3 Å². The third-order valence-electron chi connectivity index (χ3n) is 4.44. The molecule has 0 spiro atoms. The number of rotatable bonds is 2. The van der Waals surface area contributed by atoms with Gasteiger partial charge in [-0.2, -0.15) is 0 Å². The molecular formula is C15H17BrO2. The molecule has 2 fully saturated rings. The number of hydrogen-bond donors (Lipinski definition) is 0. The van der Waals surface area contributed by atoms with Crippen LogP contribution in [0.2, 0.25) is 0 Å². The first-order chi connectivity index (χ1) is 8.71. The van der Waals surface area contributed by atoms with E-state index < -0.39 is 0 Å². The summed E-state index contributed by atoms with van der Waals surface area (Å²) in [4.78, 5) is 11.4. The first-order valence-corrected chi connectivity index (χ1v) is 7.35. The van der Waals surface area contributed by atoms with Crippen molar-refractivity contribution in [3.63, 3.8) is 0 Å². The van der Waals surface area contributed by atoms with Crippen molar-refractivity contribution in [1.29, 1.82) is 0 Å². The minimum Gasteiger partial charge on any atom is -0.379 e. The summed E-state index contributed by atoms with van der Waals surface area (Å²) in [5.74, 6) is 1.02. The number of ketones is 1. The normalized spacial score (nSPS) is 23.7. The topological polar surface area (TPSA) is 26.3 Å². The highest BCUT2D eigenvalue weighted by atomic mass is 79.9. The predicted octanol–water partition coefficient (Wildman–Crippen LogP) is 3.48. The van der Waals surface area contributed by atoms with E-state index in [4.69, 9.17) is 4.74 Å². The summed E-state index contributed by atoms with van der Waals surface area (Å²) in [5.41, 5.74) is 1.52. The quantitative estimate of drug-likeness (QED) is 0.836. The first-order valence-electron chi connectivity index (χ1n) is 6.56. The number of ether oxygens (including phenoxy) is 1. The van der Waals surface area contributed by atoms with Crippen molar-refractivity contribution in [1.82, 2.24) is 0 Å². The molecule has 1 aliphatic heterocycles. The average molecular weight is 309 g/mol. The zero-order valence-corrected chi connectivity index (χ0v) is 11.9. The van der Waals surface area contributed by atoms with Gasteiger partial charge < -0.3 is 4.74 Å². The molecule has 0 bridgehead atoms. The highest BCUT2D eigenvalue weighted by Gasteiger charge is 2.47. The Kier molecular flexibility index (Phi) is 3.29. The predicted molar refractivity (Wildman–Crippen MR) is 73.6 cm³/mol. The highest BCUT2D eigenvalue weighted by molar-refractivity contribution is 9.10. The Labute approximate surface area is 116 Å².